The molecule has 0 fully saturated rings. The van der Waals surface area contributed by atoms with Crippen LogP contribution in [-0.4, -0.2) is 29.1 Å². The number of aromatic hydroxyl groups is 1. The maximum Gasteiger partial charge on any atom is 0.308 e. The zero-order valence-electron chi connectivity index (χ0n) is 15.1. The van der Waals surface area contributed by atoms with Crippen LogP contribution < -0.4 is 10.6 Å². The summed E-state index contributed by atoms with van der Waals surface area (Å²) in [5.74, 6) is -0.706. The Bertz CT molecular complexity index is 577. The number of carbonyl (C=O) groups is 2. The van der Waals surface area contributed by atoms with E-state index in [9.17, 15) is 14.7 Å². The first-order chi connectivity index (χ1) is 11.1. The van der Waals surface area contributed by atoms with Gasteiger partial charge in [0.15, 0.2) is 0 Å². The van der Waals surface area contributed by atoms with Gasteiger partial charge in [0.25, 0.3) is 0 Å². The highest BCUT2D eigenvalue weighted by atomic mass is 16.5. The van der Waals surface area contributed by atoms with E-state index < -0.39 is 0 Å². The van der Waals surface area contributed by atoms with Crippen molar-refractivity contribution in [1.29, 1.82) is 0 Å². The fourth-order valence-corrected chi connectivity index (χ4v) is 1.86. The normalized spacial score (nSPS) is 11.4. The highest BCUT2D eigenvalue weighted by molar-refractivity contribution is 5.92. The number of carbonyl (C=O) groups excluding carboxylic acids is 2. The molecule has 0 unspecified atom stereocenters. The third kappa shape index (κ3) is 7.46. The Kier molecular flexibility index (Phi) is 7.22. The van der Waals surface area contributed by atoms with Crippen molar-refractivity contribution in [3.63, 3.8) is 0 Å². The average molecular weight is 336 g/mol. The fourth-order valence-electron chi connectivity index (χ4n) is 1.86. The first kappa shape index (κ1) is 20.0. The molecule has 1 aromatic carbocycles. The maximum atomic E-state index is 12.0. The molecule has 1 rings (SSSR count). The van der Waals surface area contributed by atoms with Gasteiger partial charge in [0.1, 0.15) is 12.4 Å². The van der Waals surface area contributed by atoms with E-state index in [0.29, 0.717) is 24.2 Å². The van der Waals surface area contributed by atoms with Gasteiger partial charge in [0, 0.05) is 18.5 Å². The van der Waals surface area contributed by atoms with Gasteiger partial charge in [-0.25, -0.2) is 0 Å². The topological polar surface area (TPSA) is 87.7 Å². The zero-order valence-corrected chi connectivity index (χ0v) is 15.1. The van der Waals surface area contributed by atoms with Crippen LogP contribution >= 0.6 is 0 Å². The number of hydrogen-bond donors (Lipinski definition) is 3. The molecule has 0 atom stereocenters. The Morgan fingerprint density at radius 1 is 1.25 bits per heavy atom. The van der Waals surface area contributed by atoms with Gasteiger partial charge < -0.3 is 20.5 Å². The highest BCUT2D eigenvalue weighted by Gasteiger charge is 2.12. The van der Waals surface area contributed by atoms with Gasteiger partial charge in [0.05, 0.1) is 11.6 Å². The van der Waals surface area contributed by atoms with E-state index in [1.807, 2.05) is 20.8 Å². The monoisotopic (exact) mass is 336 g/mol. The molecule has 0 aliphatic rings. The summed E-state index contributed by atoms with van der Waals surface area (Å²) in [6.45, 7) is 10.2. The summed E-state index contributed by atoms with van der Waals surface area (Å²) < 4.78 is 5.15. The van der Waals surface area contributed by atoms with Crippen LogP contribution in [0.2, 0.25) is 0 Å². The molecule has 0 radical (unpaired) electrons. The summed E-state index contributed by atoms with van der Waals surface area (Å²) in [5, 5.41) is 15.8. The number of esters is 1. The molecule has 24 heavy (non-hydrogen) atoms. The van der Waals surface area contributed by atoms with Gasteiger partial charge in [0.2, 0.25) is 5.91 Å². The van der Waals surface area contributed by atoms with E-state index in [2.05, 4.69) is 10.6 Å². The quantitative estimate of drug-likeness (QED) is 0.526. The minimum Gasteiger partial charge on any atom is -0.506 e. The summed E-state index contributed by atoms with van der Waals surface area (Å²) in [5.41, 5.74) is 0.960. The molecular weight excluding hydrogens is 308 g/mol. The molecule has 0 spiro atoms. The number of phenols is 1. The number of benzene rings is 1. The van der Waals surface area contributed by atoms with E-state index in [1.165, 1.54) is 6.07 Å². The largest absolute Gasteiger partial charge is 0.506 e. The van der Waals surface area contributed by atoms with Crippen molar-refractivity contribution in [1.82, 2.24) is 5.32 Å². The Balaban J connectivity index is 2.59. The molecule has 0 saturated carbocycles. The second-order valence-electron chi connectivity index (χ2n) is 7.09. The molecule has 1 amide bonds. The van der Waals surface area contributed by atoms with E-state index in [-0.39, 0.29) is 35.7 Å². The molecule has 0 aromatic heterocycles. The van der Waals surface area contributed by atoms with E-state index in [4.69, 9.17) is 4.74 Å². The van der Waals surface area contributed by atoms with Crippen LogP contribution in [0.5, 0.6) is 5.75 Å². The van der Waals surface area contributed by atoms with Crippen molar-refractivity contribution >= 4 is 17.6 Å². The number of amides is 1. The molecule has 1 aromatic rings. The van der Waals surface area contributed by atoms with Crippen molar-refractivity contribution in [2.24, 2.45) is 5.92 Å². The lowest BCUT2D eigenvalue weighted by atomic mass is 10.1. The third-order valence-electron chi connectivity index (χ3n) is 3.19. The van der Waals surface area contributed by atoms with Crippen LogP contribution in [0.4, 0.5) is 5.69 Å². The van der Waals surface area contributed by atoms with Gasteiger partial charge in [-0.1, -0.05) is 19.9 Å². The molecule has 0 aliphatic heterocycles. The maximum absolute atomic E-state index is 12.0. The first-order valence-electron chi connectivity index (χ1n) is 8.12. The second kappa shape index (κ2) is 8.68. The van der Waals surface area contributed by atoms with Gasteiger partial charge in [-0.05, 0) is 38.5 Å². The van der Waals surface area contributed by atoms with Crippen LogP contribution in [0.25, 0.3) is 0 Å². The Morgan fingerprint density at radius 3 is 2.50 bits per heavy atom. The molecule has 0 heterocycles. The van der Waals surface area contributed by atoms with Crippen LogP contribution in [0.1, 0.15) is 46.6 Å². The molecule has 134 valence electrons. The minimum absolute atomic E-state index is 0.0222. The zero-order chi connectivity index (χ0) is 18.3. The number of rotatable bonds is 7. The number of ether oxygens (including phenoxy) is 1. The molecule has 3 N–H and O–H groups in total. The summed E-state index contributed by atoms with van der Waals surface area (Å²) in [6, 6.07) is 4.74. The Labute approximate surface area is 143 Å². The van der Waals surface area contributed by atoms with Crippen molar-refractivity contribution in [3.05, 3.63) is 23.8 Å². The molecular formula is C18H28N2O4. The van der Waals surface area contributed by atoms with E-state index in [1.54, 1.807) is 26.0 Å². The number of hydrogen-bond acceptors (Lipinski definition) is 5. The average Bonchev–Trinajstić information content (AvgIpc) is 2.46. The van der Waals surface area contributed by atoms with Gasteiger partial charge in [-0.3, -0.25) is 9.59 Å². The van der Waals surface area contributed by atoms with Crippen molar-refractivity contribution in [2.75, 3.05) is 11.9 Å². The van der Waals surface area contributed by atoms with Crippen molar-refractivity contribution < 1.29 is 19.4 Å². The highest BCUT2D eigenvalue weighted by Crippen LogP contribution is 2.25. The van der Waals surface area contributed by atoms with E-state index >= 15 is 0 Å². The SMILES string of the molecule is CC(C)C(=O)OCc1ccc(O)c(NC(=O)CCNC(C)(C)C)c1. The second-order valence-corrected chi connectivity index (χ2v) is 7.09. The van der Waals surface area contributed by atoms with Crippen LogP contribution in [0.15, 0.2) is 18.2 Å². The molecule has 6 nitrogen and oxygen atoms in total. The van der Waals surface area contributed by atoms with E-state index in [0.717, 1.165) is 0 Å². The molecule has 0 bridgehead atoms. The number of anilines is 1. The van der Waals surface area contributed by atoms with Crippen molar-refractivity contribution in [2.45, 2.75) is 53.2 Å². The predicted molar refractivity (Wildman–Crippen MR) is 93.7 cm³/mol. The lowest BCUT2D eigenvalue weighted by Gasteiger charge is -2.20. The number of nitrogens with one attached hydrogen (secondary N) is 2. The minimum atomic E-state index is -0.290. The van der Waals surface area contributed by atoms with Gasteiger partial charge in [-0.15, -0.1) is 0 Å². The third-order valence-corrected chi connectivity index (χ3v) is 3.19. The summed E-state index contributed by atoms with van der Waals surface area (Å²) in [4.78, 5) is 23.5. The summed E-state index contributed by atoms with van der Waals surface area (Å²) in [6.07, 6.45) is 0.295. The van der Waals surface area contributed by atoms with Crippen LogP contribution in [0.3, 0.4) is 0 Å². The number of phenolic OH excluding ortho intramolecular Hbond substituents is 1. The predicted octanol–water partition coefficient (Wildman–Crippen LogP) is 2.81. The fraction of sp³-hybridized carbons (Fsp3) is 0.556. The molecule has 0 saturated heterocycles. The lowest BCUT2D eigenvalue weighted by molar-refractivity contribution is -0.148. The van der Waals surface area contributed by atoms with Gasteiger partial charge >= 0.3 is 5.97 Å². The first-order valence-corrected chi connectivity index (χ1v) is 8.12. The summed E-state index contributed by atoms with van der Waals surface area (Å²) in [7, 11) is 0. The Morgan fingerprint density at radius 2 is 1.92 bits per heavy atom. The molecule has 6 heteroatoms. The molecule has 0 aliphatic carbocycles. The summed E-state index contributed by atoms with van der Waals surface area (Å²) >= 11 is 0. The van der Waals surface area contributed by atoms with Gasteiger partial charge in [-0.2, -0.15) is 0 Å². The smallest absolute Gasteiger partial charge is 0.308 e. The van der Waals surface area contributed by atoms with Crippen LogP contribution in [0, 0.1) is 5.92 Å². The lowest BCUT2D eigenvalue weighted by Crippen LogP contribution is -2.37. The Hall–Kier alpha value is -2.08. The van der Waals surface area contributed by atoms with Crippen LogP contribution in [-0.2, 0) is 20.9 Å². The standard InChI is InChI=1S/C18H28N2O4/c1-12(2)17(23)24-11-13-6-7-15(21)14(10-13)20-16(22)8-9-19-18(3,4)5/h6-7,10,12,19,21H,8-9,11H2,1-5H3,(H,20,22). The van der Waals surface area contributed by atoms with Crippen molar-refractivity contribution in [3.8, 4) is 5.75 Å².